The van der Waals surface area contributed by atoms with Crippen LogP contribution in [0.1, 0.15) is 25.3 Å². The van der Waals surface area contributed by atoms with Crippen molar-refractivity contribution in [2.24, 2.45) is 5.92 Å². The zero-order chi connectivity index (χ0) is 15.7. The second-order valence-corrected chi connectivity index (χ2v) is 6.29. The van der Waals surface area contributed by atoms with E-state index in [1.54, 1.807) is 6.07 Å². The highest BCUT2D eigenvalue weighted by Crippen LogP contribution is 2.39. The molecule has 0 aromatic heterocycles. The first-order valence-electron chi connectivity index (χ1n) is 6.96. The van der Waals surface area contributed by atoms with E-state index in [1.807, 2.05) is 23.1 Å². The number of hydrogen-bond acceptors (Lipinski definition) is 2. The van der Waals surface area contributed by atoms with Gasteiger partial charge in [0, 0.05) is 24.0 Å². The Morgan fingerprint density at radius 3 is 2.71 bits per heavy atom. The molecular weight excluding hydrogens is 303 g/mol. The summed E-state index contributed by atoms with van der Waals surface area (Å²) in [6, 6.07) is 7.30. The first kappa shape index (κ1) is 16.6. The van der Waals surface area contributed by atoms with E-state index in [1.165, 1.54) is 0 Å². The smallest absolute Gasteiger partial charge is 0.380 e. The molecule has 2 atom stereocenters. The number of piperidine rings is 1. The number of halogens is 4. The van der Waals surface area contributed by atoms with Gasteiger partial charge in [-0.15, -0.1) is 0 Å². The highest BCUT2D eigenvalue weighted by molar-refractivity contribution is 6.30. The Labute approximate surface area is 127 Å². The third-order valence-corrected chi connectivity index (χ3v) is 4.40. The van der Waals surface area contributed by atoms with E-state index in [0.29, 0.717) is 24.4 Å². The van der Waals surface area contributed by atoms with Crippen LogP contribution in [0.25, 0.3) is 0 Å². The van der Waals surface area contributed by atoms with Crippen LogP contribution in [0.5, 0.6) is 0 Å². The first-order valence-corrected chi connectivity index (χ1v) is 7.34. The molecule has 0 amide bonds. The minimum Gasteiger partial charge on any atom is -0.380 e. The monoisotopic (exact) mass is 321 g/mol. The third kappa shape index (κ3) is 3.90. The maximum Gasteiger partial charge on any atom is 0.417 e. The number of hydrogen-bond donors (Lipinski definition) is 1. The molecule has 0 saturated carbocycles. The van der Waals surface area contributed by atoms with Gasteiger partial charge in [0.1, 0.15) is 0 Å². The van der Waals surface area contributed by atoms with Crippen LogP contribution < -0.4 is 0 Å². The molecule has 1 aliphatic heterocycles. The molecule has 2 rings (SSSR count). The normalized spacial score (nSPS) is 23.8. The van der Waals surface area contributed by atoms with Crippen molar-refractivity contribution >= 4 is 11.6 Å². The van der Waals surface area contributed by atoms with Gasteiger partial charge in [0.15, 0.2) is 5.60 Å². The highest BCUT2D eigenvalue weighted by atomic mass is 35.5. The highest BCUT2D eigenvalue weighted by Gasteiger charge is 2.55. The Morgan fingerprint density at radius 2 is 2.10 bits per heavy atom. The van der Waals surface area contributed by atoms with Gasteiger partial charge < -0.3 is 5.11 Å². The number of rotatable bonds is 3. The van der Waals surface area contributed by atoms with Crippen molar-refractivity contribution < 1.29 is 18.3 Å². The molecule has 0 spiro atoms. The molecule has 1 N–H and O–H groups in total. The summed E-state index contributed by atoms with van der Waals surface area (Å²) in [6.45, 7) is 2.39. The van der Waals surface area contributed by atoms with Gasteiger partial charge in [-0.2, -0.15) is 13.2 Å². The van der Waals surface area contributed by atoms with Crippen LogP contribution in [0.3, 0.4) is 0 Å². The zero-order valence-electron chi connectivity index (χ0n) is 11.8. The molecule has 0 aliphatic carbocycles. The van der Waals surface area contributed by atoms with Crippen molar-refractivity contribution in [2.75, 3.05) is 13.1 Å². The fourth-order valence-electron chi connectivity index (χ4n) is 2.78. The van der Waals surface area contributed by atoms with Crippen LogP contribution in [0, 0.1) is 5.92 Å². The van der Waals surface area contributed by atoms with Crippen molar-refractivity contribution in [1.29, 1.82) is 0 Å². The largest absolute Gasteiger partial charge is 0.417 e. The molecule has 1 heterocycles. The second-order valence-electron chi connectivity index (χ2n) is 5.85. The standard InChI is InChI=1S/C15H19ClF3NO/c1-14(21,15(17,18)19)12-5-3-7-20(10-12)9-11-4-2-6-13(16)8-11/h2,4,6,8,12,21H,3,5,7,9-10H2,1H3. The molecule has 118 valence electrons. The van der Waals surface area contributed by atoms with Gasteiger partial charge in [-0.1, -0.05) is 23.7 Å². The molecule has 2 nitrogen and oxygen atoms in total. The summed E-state index contributed by atoms with van der Waals surface area (Å²) in [5.41, 5.74) is -1.67. The fraction of sp³-hybridized carbons (Fsp3) is 0.600. The van der Waals surface area contributed by atoms with E-state index < -0.39 is 17.7 Å². The van der Waals surface area contributed by atoms with E-state index in [9.17, 15) is 18.3 Å². The number of aliphatic hydroxyl groups is 1. The van der Waals surface area contributed by atoms with E-state index in [2.05, 4.69) is 0 Å². The van der Waals surface area contributed by atoms with Gasteiger partial charge in [-0.05, 0) is 44.0 Å². The van der Waals surface area contributed by atoms with Crippen molar-refractivity contribution in [3.8, 4) is 0 Å². The van der Waals surface area contributed by atoms with Crippen LogP contribution in [-0.2, 0) is 6.54 Å². The Balaban J connectivity index is 2.04. The van der Waals surface area contributed by atoms with Crippen molar-refractivity contribution in [3.05, 3.63) is 34.9 Å². The van der Waals surface area contributed by atoms with Crippen LogP contribution in [-0.4, -0.2) is 34.9 Å². The molecule has 0 radical (unpaired) electrons. The quantitative estimate of drug-likeness (QED) is 0.913. The summed E-state index contributed by atoms with van der Waals surface area (Å²) in [7, 11) is 0. The van der Waals surface area contributed by atoms with Crippen molar-refractivity contribution in [2.45, 2.75) is 38.1 Å². The van der Waals surface area contributed by atoms with E-state index in [4.69, 9.17) is 11.6 Å². The van der Waals surface area contributed by atoms with E-state index >= 15 is 0 Å². The number of nitrogens with zero attached hydrogens (tertiary/aromatic N) is 1. The predicted molar refractivity (Wildman–Crippen MR) is 76.1 cm³/mol. The number of alkyl halides is 3. The topological polar surface area (TPSA) is 23.5 Å². The summed E-state index contributed by atoms with van der Waals surface area (Å²) in [5.74, 6) is -0.801. The van der Waals surface area contributed by atoms with Crippen molar-refractivity contribution in [1.82, 2.24) is 4.90 Å². The minimum atomic E-state index is -4.60. The van der Waals surface area contributed by atoms with Crippen molar-refractivity contribution in [3.63, 3.8) is 0 Å². The Hall–Kier alpha value is -0.780. The molecule has 21 heavy (non-hydrogen) atoms. The first-order chi connectivity index (χ1) is 9.70. The number of benzene rings is 1. The second kappa shape index (κ2) is 6.15. The summed E-state index contributed by atoms with van der Waals surface area (Å²) < 4.78 is 38.8. The predicted octanol–water partition coefficient (Wildman–Crippen LogP) is 3.87. The zero-order valence-corrected chi connectivity index (χ0v) is 12.6. The lowest BCUT2D eigenvalue weighted by molar-refractivity contribution is -0.276. The van der Waals surface area contributed by atoms with Crippen LogP contribution in [0.2, 0.25) is 5.02 Å². The maximum atomic E-state index is 12.9. The van der Waals surface area contributed by atoms with E-state index in [-0.39, 0.29) is 6.54 Å². The Bertz CT molecular complexity index is 490. The SMILES string of the molecule is CC(O)(C1CCCN(Cc2cccc(Cl)c2)C1)C(F)(F)F. The molecule has 6 heteroatoms. The summed E-state index contributed by atoms with van der Waals surface area (Å²) in [5, 5.41) is 10.4. The molecule has 1 fully saturated rings. The molecule has 0 bridgehead atoms. The lowest BCUT2D eigenvalue weighted by Crippen LogP contribution is -2.54. The van der Waals surface area contributed by atoms with E-state index in [0.717, 1.165) is 19.0 Å². The third-order valence-electron chi connectivity index (χ3n) is 4.17. The van der Waals surface area contributed by atoms with Gasteiger partial charge in [0.2, 0.25) is 0 Å². The summed E-state index contributed by atoms with van der Waals surface area (Å²) in [6.07, 6.45) is -3.56. The maximum absolute atomic E-state index is 12.9. The van der Waals surface area contributed by atoms with Crippen LogP contribution in [0.4, 0.5) is 13.2 Å². The van der Waals surface area contributed by atoms with Crippen LogP contribution >= 0.6 is 11.6 Å². The minimum absolute atomic E-state index is 0.235. The molecule has 1 saturated heterocycles. The number of likely N-dealkylation sites (tertiary alicyclic amines) is 1. The summed E-state index contributed by atoms with van der Waals surface area (Å²) in [4.78, 5) is 1.94. The Morgan fingerprint density at radius 1 is 1.38 bits per heavy atom. The average molecular weight is 322 g/mol. The molecular formula is C15H19ClF3NO. The fourth-order valence-corrected chi connectivity index (χ4v) is 3.00. The molecule has 1 aromatic carbocycles. The van der Waals surface area contributed by atoms with Gasteiger partial charge in [0.05, 0.1) is 0 Å². The molecule has 2 unspecified atom stereocenters. The lowest BCUT2D eigenvalue weighted by Gasteiger charge is -2.41. The van der Waals surface area contributed by atoms with Crippen LogP contribution in [0.15, 0.2) is 24.3 Å². The summed E-state index contributed by atoms with van der Waals surface area (Å²) >= 11 is 5.92. The molecule has 1 aliphatic rings. The van der Waals surface area contributed by atoms with Gasteiger partial charge in [0.25, 0.3) is 0 Å². The Kier molecular flexibility index (Phi) is 4.85. The van der Waals surface area contributed by atoms with Gasteiger partial charge >= 0.3 is 6.18 Å². The molecule has 1 aromatic rings. The van der Waals surface area contributed by atoms with Gasteiger partial charge in [-0.25, -0.2) is 0 Å². The lowest BCUT2D eigenvalue weighted by atomic mass is 9.82. The average Bonchev–Trinajstić information content (AvgIpc) is 2.37. The van der Waals surface area contributed by atoms with Gasteiger partial charge in [-0.3, -0.25) is 4.90 Å².